The van der Waals surface area contributed by atoms with Crippen molar-refractivity contribution in [1.82, 2.24) is 20.3 Å². The van der Waals surface area contributed by atoms with Gasteiger partial charge in [0.25, 0.3) is 5.91 Å². The lowest BCUT2D eigenvalue weighted by Gasteiger charge is -2.28. The molecule has 0 spiro atoms. The van der Waals surface area contributed by atoms with Gasteiger partial charge in [0.15, 0.2) is 0 Å². The normalized spacial score (nSPS) is 13.7. The van der Waals surface area contributed by atoms with Gasteiger partial charge >= 0.3 is 0 Å². The molecule has 1 aromatic carbocycles. The maximum atomic E-state index is 12.7. The number of amides is 1. The van der Waals surface area contributed by atoms with E-state index in [2.05, 4.69) is 42.7 Å². The SMILES string of the molecule is CCc1cc(Nc2cc(NC(=O)c3c(Cl)cccc3Cl)ccn2)nc(N2CCNCC2)n1. The molecule has 0 radical (unpaired) electrons. The molecule has 1 aliphatic heterocycles. The number of hydrogen-bond donors (Lipinski definition) is 3. The first-order chi connectivity index (χ1) is 15.5. The highest BCUT2D eigenvalue weighted by Gasteiger charge is 2.16. The van der Waals surface area contributed by atoms with E-state index in [1.165, 1.54) is 0 Å². The molecule has 0 saturated carbocycles. The van der Waals surface area contributed by atoms with Crippen molar-refractivity contribution in [2.45, 2.75) is 13.3 Å². The lowest BCUT2D eigenvalue weighted by Crippen LogP contribution is -2.44. The summed E-state index contributed by atoms with van der Waals surface area (Å²) in [5.41, 5.74) is 1.72. The summed E-state index contributed by atoms with van der Waals surface area (Å²) in [4.78, 5) is 28.5. The van der Waals surface area contributed by atoms with E-state index in [0.717, 1.165) is 38.3 Å². The number of aryl methyl sites for hydroxylation is 1. The van der Waals surface area contributed by atoms with Crippen molar-refractivity contribution in [2.24, 2.45) is 0 Å². The highest BCUT2D eigenvalue weighted by Crippen LogP contribution is 2.26. The Morgan fingerprint density at radius 2 is 1.84 bits per heavy atom. The number of benzene rings is 1. The summed E-state index contributed by atoms with van der Waals surface area (Å²) in [5, 5.41) is 9.95. The van der Waals surface area contributed by atoms with Crippen LogP contribution in [0.5, 0.6) is 0 Å². The summed E-state index contributed by atoms with van der Waals surface area (Å²) in [5.74, 6) is 1.50. The molecule has 0 bridgehead atoms. The van der Waals surface area contributed by atoms with Crippen molar-refractivity contribution >= 4 is 52.4 Å². The summed E-state index contributed by atoms with van der Waals surface area (Å²) in [6.45, 7) is 5.58. The smallest absolute Gasteiger partial charge is 0.258 e. The Morgan fingerprint density at radius 3 is 2.56 bits per heavy atom. The van der Waals surface area contributed by atoms with Crippen LogP contribution in [0.1, 0.15) is 23.0 Å². The molecule has 4 rings (SSSR count). The Labute approximate surface area is 196 Å². The second-order valence-corrected chi connectivity index (χ2v) is 8.06. The zero-order chi connectivity index (χ0) is 22.5. The fourth-order valence-electron chi connectivity index (χ4n) is 3.35. The van der Waals surface area contributed by atoms with E-state index in [1.54, 1.807) is 36.5 Å². The number of carbonyl (C=O) groups is 1. The lowest BCUT2D eigenvalue weighted by molar-refractivity contribution is 0.102. The van der Waals surface area contributed by atoms with Gasteiger partial charge in [-0.2, -0.15) is 4.98 Å². The predicted molar refractivity (Wildman–Crippen MR) is 128 cm³/mol. The summed E-state index contributed by atoms with van der Waals surface area (Å²) >= 11 is 12.3. The van der Waals surface area contributed by atoms with Gasteiger partial charge in [-0.05, 0) is 24.6 Å². The Kier molecular flexibility index (Phi) is 7.04. The third-order valence-electron chi connectivity index (χ3n) is 4.99. The van der Waals surface area contributed by atoms with Gasteiger partial charge in [-0.25, -0.2) is 9.97 Å². The zero-order valence-corrected chi connectivity index (χ0v) is 19.0. The minimum atomic E-state index is -0.394. The molecule has 1 aliphatic rings. The second-order valence-electron chi connectivity index (χ2n) is 7.24. The summed E-state index contributed by atoms with van der Waals surface area (Å²) in [6.07, 6.45) is 2.39. The Balaban J connectivity index is 1.53. The molecule has 10 heteroatoms. The van der Waals surface area contributed by atoms with E-state index < -0.39 is 5.91 Å². The minimum Gasteiger partial charge on any atom is -0.338 e. The molecule has 32 heavy (non-hydrogen) atoms. The van der Waals surface area contributed by atoms with E-state index in [-0.39, 0.29) is 15.6 Å². The molecular weight excluding hydrogens is 449 g/mol. The Bertz CT molecular complexity index is 1100. The number of hydrogen-bond acceptors (Lipinski definition) is 7. The topological polar surface area (TPSA) is 95.1 Å². The van der Waals surface area contributed by atoms with Gasteiger partial charge in [0.05, 0.1) is 15.6 Å². The van der Waals surface area contributed by atoms with Gasteiger partial charge in [0, 0.05) is 55.9 Å². The summed E-state index contributed by atoms with van der Waals surface area (Å²) < 4.78 is 0. The maximum Gasteiger partial charge on any atom is 0.258 e. The van der Waals surface area contributed by atoms with Crippen LogP contribution >= 0.6 is 23.2 Å². The van der Waals surface area contributed by atoms with Crippen molar-refractivity contribution in [2.75, 3.05) is 41.7 Å². The lowest BCUT2D eigenvalue weighted by atomic mass is 10.2. The number of halogens is 2. The number of carbonyl (C=O) groups excluding carboxylic acids is 1. The maximum absolute atomic E-state index is 12.7. The number of rotatable bonds is 6. The molecule has 3 aromatic rings. The second kappa shape index (κ2) is 10.1. The van der Waals surface area contributed by atoms with Crippen LogP contribution in [0.25, 0.3) is 0 Å². The average molecular weight is 472 g/mol. The summed E-state index contributed by atoms with van der Waals surface area (Å²) in [7, 11) is 0. The highest BCUT2D eigenvalue weighted by molar-refractivity contribution is 6.40. The fourth-order valence-corrected chi connectivity index (χ4v) is 3.92. The summed E-state index contributed by atoms with van der Waals surface area (Å²) in [6, 6.07) is 10.3. The van der Waals surface area contributed by atoms with E-state index in [0.29, 0.717) is 23.3 Å². The van der Waals surface area contributed by atoms with Crippen LogP contribution < -0.4 is 20.9 Å². The van der Waals surface area contributed by atoms with Crippen LogP contribution in [0, 0.1) is 0 Å². The molecule has 2 aromatic heterocycles. The zero-order valence-electron chi connectivity index (χ0n) is 17.5. The van der Waals surface area contributed by atoms with Gasteiger partial charge in [0.1, 0.15) is 11.6 Å². The van der Waals surface area contributed by atoms with Gasteiger partial charge in [-0.15, -0.1) is 0 Å². The van der Waals surface area contributed by atoms with Crippen LogP contribution in [0.15, 0.2) is 42.6 Å². The molecule has 1 fully saturated rings. The Morgan fingerprint density at radius 1 is 1.09 bits per heavy atom. The molecule has 0 aliphatic carbocycles. The standard InChI is InChI=1S/C22H23Cl2N7O/c1-2-14-12-19(30-22(28-14)31-10-8-25-9-11-31)29-18-13-15(6-7-26-18)27-21(32)20-16(23)4-3-5-17(20)24/h3-7,12-13,25H,2,8-11H2,1H3,(H2,26,27,28,29,30,32). The molecular formula is C22H23Cl2N7O. The quantitative estimate of drug-likeness (QED) is 0.496. The first kappa shape index (κ1) is 22.3. The molecule has 0 atom stereocenters. The Hall–Kier alpha value is -2.94. The molecule has 3 N–H and O–H groups in total. The molecule has 1 saturated heterocycles. The van der Waals surface area contributed by atoms with Crippen molar-refractivity contribution in [3.8, 4) is 0 Å². The van der Waals surface area contributed by atoms with E-state index >= 15 is 0 Å². The fraction of sp³-hybridized carbons (Fsp3) is 0.273. The highest BCUT2D eigenvalue weighted by atomic mass is 35.5. The van der Waals surface area contributed by atoms with Gasteiger partial charge < -0.3 is 20.9 Å². The van der Waals surface area contributed by atoms with Gasteiger partial charge in [-0.1, -0.05) is 36.2 Å². The van der Waals surface area contributed by atoms with Crippen molar-refractivity contribution in [3.05, 3.63) is 63.9 Å². The number of aromatic nitrogens is 3. The van der Waals surface area contributed by atoms with E-state index in [1.807, 2.05) is 6.07 Å². The van der Waals surface area contributed by atoms with Crippen LogP contribution in [0.3, 0.4) is 0 Å². The minimum absolute atomic E-state index is 0.228. The molecule has 3 heterocycles. The number of nitrogens with zero attached hydrogens (tertiary/aromatic N) is 4. The first-order valence-corrected chi connectivity index (χ1v) is 11.1. The van der Waals surface area contributed by atoms with E-state index in [4.69, 9.17) is 23.2 Å². The van der Waals surface area contributed by atoms with Crippen LogP contribution in [-0.2, 0) is 6.42 Å². The van der Waals surface area contributed by atoms with Gasteiger partial charge in [-0.3, -0.25) is 4.79 Å². The van der Waals surface area contributed by atoms with Gasteiger partial charge in [0.2, 0.25) is 5.95 Å². The number of pyridine rings is 1. The number of nitrogens with one attached hydrogen (secondary N) is 3. The third-order valence-corrected chi connectivity index (χ3v) is 5.62. The monoisotopic (exact) mass is 471 g/mol. The van der Waals surface area contributed by atoms with Crippen LogP contribution in [-0.4, -0.2) is 47.0 Å². The largest absolute Gasteiger partial charge is 0.338 e. The predicted octanol–water partition coefficient (Wildman–Crippen LogP) is 4.15. The van der Waals surface area contributed by atoms with Crippen LogP contribution in [0.4, 0.5) is 23.3 Å². The number of piperazine rings is 1. The van der Waals surface area contributed by atoms with Crippen molar-refractivity contribution < 1.29 is 4.79 Å². The molecule has 0 unspecified atom stereocenters. The molecule has 8 nitrogen and oxygen atoms in total. The third kappa shape index (κ3) is 5.27. The average Bonchev–Trinajstić information content (AvgIpc) is 2.79. The van der Waals surface area contributed by atoms with Crippen molar-refractivity contribution in [1.29, 1.82) is 0 Å². The molecule has 1 amide bonds. The van der Waals surface area contributed by atoms with Crippen LogP contribution in [0.2, 0.25) is 10.0 Å². The van der Waals surface area contributed by atoms with E-state index in [9.17, 15) is 4.79 Å². The molecule has 166 valence electrons. The van der Waals surface area contributed by atoms with Crippen molar-refractivity contribution in [3.63, 3.8) is 0 Å². The first-order valence-electron chi connectivity index (χ1n) is 10.4. The number of anilines is 4.